The Labute approximate surface area is 190 Å². The lowest BCUT2D eigenvalue weighted by Gasteiger charge is -2.25. The molecule has 0 nitrogen and oxygen atoms in total. The SMILES string of the molecule is Cc1cccc(C)c1B(c1c(C)cccc1C)c1cccc2cccc(P(Cl)Cl)c12. The van der Waals surface area contributed by atoms with Crippen LogP contribution in [0.4, 0.5) is 0 Å². The van der Waals surface area contributed by atoms with Crippen molar-refractivity contribution in [3.05, 3.63) is 95.1 Å². The average Bonchev–Trinajstić information content (AvgIpc) is 2.71. The van der Waals surface area contributed by atoms with Crippen molar-refractivity contribution < 1.29 is 0 Å². The molecule has 0 spiro atoms. The monoisotopic (exact) mass is 448 g/mol. The maximum atomic E-state index is 6.51. The predicted octanol–water partition coefficient (Wildman–Crippen LogP) is 6.00. The molecule has 4 rings (SSSR count). The van der Waals surface area contributed by atoms with Crippen molar-refractivity contribution in [3.8, 4) is 0 Å². The zero-order valence-corrected chi connectivity index (χ0v) is 20.1. The lowest BCUT2D eigenvalue weighted by atomic mass is 9.33. The molecule has 0 aliphatic rings. The molecule has 0 atom stereocenters. The number of benzene rings is 4. The zero-order chi connectivity index (χ0) is 21.4. The van der Waals surface area contributed by atoms with E-state index in [0.717, 1.165) is 5.30 Å². The summed E-state index contributed by atoms with van der Waals surface area (Å²) in [7, 11) is 0. The third-order valence-corrected chi connectivity index (χ3v) is 7.90. The standard InChI is InChI=1S/C26H24BCl2P/c1-17-9-5-10-18(2)25(17)27(26-19(3)11-6-12-20(26)4)22-15-7-13-21-14-8-16-23(24(21)22)30(28)29/h5-16H,1-4H3. The van der Waals surface area contributed by atoms with E-state index in [-0.39, 0.29) is 6.71 Å². The molecule has 0 radical (unpaired) electrons. The maximum Gasteiger partial charge on any atom is 0.243 e. The summed E-state index contributed by atoms with van der Waals surface area (Å²) in [5, 5.41) is 3.40. The topological polar surface area (TPSA) is 0 Å². The van der Waals surface area contributed by atoms with E-state index in [0.29, 0.717) is 0 Å². The average molecular weight is 449 g/mol. The molecule has 0 aliphatic carbocycles. The van der Waals surface area contributed by atoms with E-state index in [2.05, 4.69) is 100 Å². The summed E-state index contributed by atoms with van der Waals surface area (Å²) in [6.07, 6.45) is 0. The van der Waals surface area contributed by atoms with Gasteiger partial charge in [-0.25, -0.2) is 0 Å². The highest BCUT2D eigenvalue weighted by molar-refractivity contribution is 8.09. The Morgan fingerprint density at radius 2 is 1.03 bits per heavy atom. The van der Waals surface area contributed by atoms with Crippen molar-refractivity contribution in [2.24, 2.45) is 0 Å². The van der Waals surface area contributed by atoms with Gasteiger partial charge in [-0.15, -0.1) is 0 Å². The Kier molecular flexibility index (Phi) is 6.26. The Balaban J connectivity index is 2.16. The van der Waals surface area contributed by atoms with Gasteiger partial charge in [0.15, 0.2) is 0 Å². The second kappa shape index (κ2) is 8.76. The Morgan fingerprint density at radius 3 is 1.50 bits per heavy atom. The van der Waals surface area contributed by atoms with Gasteiger partial charge in [0.2, 0.25) is 6.71 Å². The Bertz CT molecular complexity index is 1140. The summed E-state index contributed by atoms with van der Waals surface area (Å²) < 4.78 is 0. The molecular weight excluding hydrogens is 425 g/mol. The van der Waals surface area contributed by atoms with Gasteiger partial charge in [0.1, 0.15) is 6.63 Å². The Morgan fingerprint density at radius 1 is 0.600 bits per heavy atom. The van der Waals surface area contributed by atoms with Crippen molar-refractivity contribution >= 4 is 68.3 Å². The smallest absolute Gasteiger partial charge is 0.0727 e. The lowest BCUT2D eigenvalue weighted by Crippen LogP contribution is -2.56. The molecule has 30 heavy (non-hydrogen) atoms. The van der Waals surface area contributed by atoms with Crippen LogP contribution in [0.25, 0.3) is 10.8 Å². The first-order valence-electron chi connectivity index (χ1n) is 10.2. The minimum atomic E-state index is -1.26. The van der Waals surface area contributed by atoms with Gasteiger partial charge in [-0.1, -0.05) is 134 Å². The molecule has 0 unspecified atom stereocenters. The molecule has 4 heteroatoms. The fraction of sp³-hybridized carbons (Fsp3) is 0.154. The van der Waals surface area contributed by atoms with Crippen molar-refractivity contribution in [3.63, 3.8) is 0 Å². The molecule has 0 saturated heterocycles. The van der Waals surface area contributed by atoms with Crippen LogP contribution < -0.4 is 21.7 Å². The Hall–Kier alpha value is -1.79. The fourth-order valence-electron chi connectivity index (χ4n) is 4.75. The molecule has 0 aromatic heterocycles. The summed E-state index contributed by atoms with van der Waals surface area (Å²) >= 11 is 13.0. The van der Waals surface area contributed by atoms with Crippen LogP contribution in [0.2, 0.25) is 0 Å². The lowest BCUT2D eigenvalue weighted by molar-refractivity contribution is 1.41. The van der Waals surface area contributed by atoms with E-state index in [9.17, 15) is 0 Å². The summed E-state index contributed by atoms with van der Waals surface area (Å²) in [6, 6.07) is 26.0. The van der Waals surface area contributed by atoms with Crippen LogP contribution in [0.3, 0.4) is 0 Å². The highest BCUT2D eigenvalue weighted by atomic mass is 35.9. The van der Waals surface area contributed by atoms with Gasteiger partial charge < -0.3 is 0 Å². The first-order valence-corrected chi connectivity index (χ1v) is 13.3. The van der Waals surface area contributed by atoms with E-state index in [4.69, 9.17) is 22.5 Å². The van der Waals surface area contributed by atoms with E-state index >= 15 is 0 Å². The zero-order valence-electron chi connectivity index (χ0n) is 17.7. The number of rotatable bonds is 4. The van der Waals surface area contributed by atoms with Gasteiger partial charge in [-0.2, -0.15) is 0 Å². The summed E-state index contributed by atoms with van der Waals surface area (Å²) in [5.41, 5.74) is 9.21. The van der Waals surface area contributed by atoms with Gasteiger partial charge >= 0.3 is 0 Å². The molecule has 150 valence electrons. The molecule has 0 amide bonds. The van der Waals surface area contributed by atoms with Gasteiger partial charge in [0, 0.05) is 5.30 Å². The number of hydrogen-bond acceptors (Lipinski definition) is 0. The fourth-order valence-corrected chi connectivity index (χ4v) is 6.22. The van der Waals surface area contributed by atoms with Crippen LogP contribution in [0, 0.1) is 27.7 Å². The number of fused-ring (bicyclic) bond motifs is 1. The molecule has 0 N–H and O–H groups in total. The minimum absolute atomic E-state index is 0.112. The number of halogens is 2. The van der Waals surface area contributed by atoms with E-state index in [1.807, 2.05) is 0 Å². The molecule has 0 aliphatic heterocycles. The van der Waals surface area contributed by atoms with Crippen LogP contribution >= 0.6 is 29.1 Å². The first kappa shape index (κ1) is 21.4. The molecule has 0 saturated carbocycles. The molecule has 0 bridgehead atoms. The molecule has 0 heterocycles. The van der Waals surface area contributed by atoms with Crippen LogP contribution in [-0.4, -0.2) is 6.71 Å². The van der Waals surface area contributed by atoms with Crippen molar-refractivity contribution in [1.29, 1.82) is 0 Å². The normalized spacial score (nSPS) is 11.3. The van der Waals surface area contributed by atoms with Crippen molar-refractivity contribution in [2.45, 2.75) is 27.7 Å². The molecular formula is C26H24BCl2P. The van der Waals surface area contributed by atoms with E-state index in [1.165, 1.54) is 49.4 Å². The van der Waals surface area contributed by atoms with E-state index < -0.39 is 6.63 Å². The van der Waals surface area contributed by atoms with Gasteiger partial charge in [0.25, 0.3) is 0 Å². The third kappa shape index (κ3) is 3.80. The van der Waals surface area contributed by atoms with Crippen LogP contribution in [0.5, 0.6) is 0 Å². The van der Waals surface area contributed by atoms with Gasteiger partial charge in [-0.3, -0.25) is 0 Å². The number of aryl methyl sites for hydroxylation is 4. The van der Waals surface area contributed by atoms with Gasteiger partial charge in [0.05, 0.1) is 0 Å². The van der Waals surface area contributed by atoms with E-state index in [1.54, 1.807) is 0 Å². The maximum absolute atomic E-state index is 6.51. The van der Waals surface area contributed by atoms with Crippen molar-refractivity contribution in [2.75, 3.05) is 0 Å². The second-order valence-corrected chi connectivity index (χ2v) is 11.5. The third-order valence-electron chi connectivity index (χ3n) is 6.07. The first-order chi connectivity index (χ1) is 14.4. The molecule has 0 fully saturated rings. The quantitative estimate of drug-likeness (QED) is 0.265. The summed E-state index contributed by atoms with van der Waals surface area (Å²) in [6.45, 7) is 7.70. The second-order valence-electron chi connectivity index (χ2n) is 8.00. The van der Waals surface area contributed by atoms with Crippen LogP contribution in [-0.2, 0) is 0 Å². The van der Waals surface area contributed by atoms with Crippen LogP contribution in [0.15, 0.2) is 72.8 Å². The number of hydrogen-bond donors (Lipinski definition) is 0. The largest absolute Gasteiger partial charge is 0.243 e. The highest BCUT2D eigenvalue weighted by Crippen LogP contribution is 2.46. The summed E-state index contributed by atoms with van der Waals surface area (Å²) in [4.78, 5) is 0. The highest BCUT2D eigenvalue weighted by Gasteiger charge is 2.30. The summed E-state index contributed by atoms with van der Waals surface area (Å²) in [5.74, 6) is 0. The van der Waals surface area contributed by atoms with Crippen molar-refractivity contribution in [1.82, 2.24) is 0 Å². The minimum Gasteiger partial charge on any atom is -0.0727 e. The predicted molar refractivity (Wildman–Crippen MR) is 139 cm³/mol. The molecule has 4 aromatic carbocycles. The van der Waals surface area contributed by atoms with Crippen LogP contribution in [0.1, 0.15) is 22.3 Å². The molecule has 4 aromatic rings. The van der Waals surface area contributed by atoms with Gasteiger partial charge in [-0.05, 0) is 38.5 Å².